The van der Waals surface area contributed by atoms with E-state index in [0.717, 1.165) is 26.2 Å². The lowest BCUT2D eigenvalue weighted by Gasteiger charge is -2.35. The van der Waals surface area contributed by atoms with Crippen LogP contribution in [0, 0.1) is 5.92 Å². The number of rotatable bonds is 8. The number of carboxylic acid groups (broad SMARTS) is 1. The quantitative estimate of drug-likeness (QED) is 0.674. The summed E-state index contributed by atoms with van der Waals surface area (Å²) in [5.74, 6) is -0.932. The standard InChI is InChI=1S/C14H28N2O2/c1-3-4-5-6-7-15-8-10-16(11-9-15)12-13(2)14(17)18/h13H,3-12H2,1-2H3,(H,17,18). The molecule has 0 aromatic carbocycles. The average molecular weight is 256 g/mol. The van der Waals surface area contributed by atoms with Crippen LogP contribution in [0.1, 0.15) is 39.5 Å². The van der Waals surface area contributed by atoms with E-state index in [0.29, 0.717) is 6.54 Å². The molecule has 0 radical (unpaired) electrons. The molecule has 1 fully saturated rings. The van der Waals surface area contributed by atoms with Gasteiger partial charge in [-0.2, -0.15) is 0 Å². The summed E-state index contributed by atoms with van der Waals surface area (Å²) in [7, 11) is 0. The molecule has 0 amide bonds. The third-order valence-corrected chi connectivity index (χ3v) is 3.75. The molecular weight excluding hydrogens is 228 g/mol. The molecule has 0 aromatic heterocycles. The Bertz CT molecular complexity index is 238. The summed E-state index contributed by atoms with van der Waals surface area (Å²) in [6, 6.07) is 0. The van der Waals surface area contributed by atoms with E-state index in [9.17, 15) is 4.79 Å². The monoisotopic (exact) mass is 256 g/mol. The topological polar surface area (TPSA) is 43.8 Å². The molecule has 0 aliphatic carbocycles. The molecule has 0 saturated carbocycles. The number of piperazine rings is 1. The number of carbonyl (C=O) groups is 1. The van der Waals surface area contributed by atoms with Crippen LogP contribution in [0.5, 0.6) is 0 Å². The average Bonchev–Trinajstić information content (AvgIpc) is 2.36. The number of hydrogen-bond donors (Lipinski definition) is 1. The highest BCUT2D eigenvalue weighted by Crippen LogP contribution is 2.08. The first kappa shape index (κ1) is 15.4. The van der Waals surface area contributed by atoms with E-state index in [1.165, 1.54) is 32.2 Å². The van der Waals surface area contributed by atoms with Crippen LogP contribution >= 0.6 is 0 Å². The normalized spacial score (nSPS) is 19.9. The van der Waals surface area contributed by atoms with Crippen LogP contribution in [0.25, 0.3) is 0 Å². The van der Waals surface area contributed by atoms with E-state index in [-0.39, 0.29) is 5.92 Å². The van der Waals surface area contributed by atoms with E-state index >= 15 is 0 Å². The SMILES string of the molecule is CCCCCCN1CCN(CC(C)C(=O)O)CC1. The van der Waals surface area contributed by atoms with Crippen LogP contribution in [-0.2, 0) is 4.79 Å². The second-order valence-corrected chi connectivity index (χ2v) is 5.44. The fourth-order valence-corrected chi connectivity index (χ4v) is 2.42. The second-order valence-electron chi connectivity index (χ2n) is 5.44. The van der Waals surface area contributed by atoms with Gasteiger partial charge in [-0.15, -0.1) is 0 Å². The van der Waals surface area contributed by atoms with E-state index in [2.05, 4.69) is 16.7 Å². The fourth-order valence-electron chi connectivity index (χ4n) is 2.42. The fraction of sp³-hybridized carbons (Fsp3) is 0.929. The predicted molar refractivity (Wildman–Crippen MR) is 73.8 cm³/mol. The first-order valence-electron chi connectivity index (χ1n) is 7.31. The summed E-state index contributed by atoms with van der Waals surface area (Å²) in [4.78, 5) is 15.6. The maximum absolute atomic E-state index is 10.8. The van der Waals surface area contributed by atoms with Crippen molar-refractivity contribution in [3.05, 3.63) is 0 Å². The predicted octanol–water partition coefficient (Wildman–Crippen LogP) is 1.91. The van der Waals surface area contributed by atoms with Crippen LogP contribution in [-0.4, -0.2) is 60.1 Å². The second kappa shape index (κ2) is 8.48. The van der Waals surface area contributed by atoms with Gasteiger partial charge in [-0.05, 0) is 13.0 Å². The Hall–Kier alpha value is -0.610. The van der Waals surface area contributed by atoms with E-state index in [1.54, 1.807) is 6.92 Å². The van der Waals surface area contributed by atoms with Crippen molar-refractivity contribution in [1.82, 2.24) is 9.80 Å². The summed E-state index contributed by atoms with van der Waals surface area (Å²) in [6.07, 6.45) is 5.28. The molecule has 1 aliphatic rings. The maximum atomic E-state index is 10.8. The van der Waals surface area contributed by atoms with Crippen molar-refractivity contribution in [1.29, 1.82) is 0 Å². The Morgan fingerprint density at radius 1 is 1.11 bits per heavy atom. The van der Waals surface area contributed by atoms with Gasteiger partial charge in [0.2, 0.25) is 0 Å². The molecule has 1 aliphatic heterocycles. The molecule has 4 nitrogen and oxygen atoms in total. The smallest absolute Gasteiger partial charge is 0.307 e. The van der Waals surface area contributed by atoms with Crippen LogP contribution in [0.3, 0.4) is 0 Å². The number of hydrogen-bond acceptors (Lipinski definition) is 3. The summed E-state index contributed by atoms with van der Waals surface area (Å²) in [5.41, 5.74) is 0. The van der Waals surface area contributed by atoms with Gasteiger partial charge < -0.3 is 10.0 Å². The van der Waals surface area contributed by atoms with Gasteiger partial charge in [-0.1, -0.05) is 33.1 Å². The van der Waals surface area contributed by atoms with E-state index < -0.39 is 5.97 Å². The zero-order valence-electron chi connectivity index (χ0n) is 11.9. The van der Waals surface area contributed by atoms with Gasteiger partial charge in [0, 0.05) is 32.7 Å². The Kier molecular flexibility index (Phi) is 7.28. The van der Waals surface area contributed by atoms with Crippen molar-refractivity contribution in [2.75, 3.05) is 39.3 Å². The molecule has 106 valence electrons. The Morgan fingerprint density at radius 3 is 2.28 bits per heavy atom. The summed E-state index contributed by atoms with van der Waals surface area (Å²) in [6.45, 7) is 10.2. The molecule has 1 heterocycles. The van der Waals surface area contributed by atoms with Crippen molar-refractivity contribution in [3.8, 4) is 0 Å². The molecule has 1 unspecified atom stereocenters. The van der Waals surface area contributed by atoms with Gasteiger partial charge in [0.25, 0.3) is 0 Å². The first-order valence-corrected chi connectivity index (χ1v) is 7.31. The van der Waals surface area contributed by atoms with E-state index in [1.807, 2.05) is 0 Å². The van der Waals surface area contributed by atoms with Crippen molar-refractivity contribution < 1.29 is 9.90 Å². The minimum Gasteiger partial charge on any atom is -0.481 e. The van der Waals surface area contributed by atoms with Gasteiger partial charge in [0.05, 0.1) is 5.92 Å². The minimum absolute atomic E-state index is 0.249. The lowest BCUT2D eigenvalue weighted by atomic mass is 10.1. The molecule has 1 atom stereocenters. The Morgan fingerprint density at radius 2 is 1.72 bits per heavy atom. The molecule has 0 bridgehead atoms. The zero-order chi connectivity index (χ0) is 13.4. The van der Waals surface area contributed by atoms with Gasteiger partial charge in [-0.3, -0.25) is 9.69 Å². The highest BCUT2D eigenvalue weighted by molar-refractivity contribution is 5.69. The highest BCUT2D eigenvalue weighted by atomic mass is 16.4. The van der Waals surface area contributed by atoms with Gasteiger partial charge >= 0.3 is 5.97 Å². The Labute approximate surface area is 111 Å². The largest absolute Gasteiger partial charge is 0.481 e. The van der Waals surface area contributed by atoms with Crippen LogP contribution < -0.4 is 0 Å². The van der Waals surface area contributed by atoms with Gasteiger partial charge in [-0.25, -0.2) is 0 Å². The van der Waals surface area contributed by atoms with E-state index in [4.69, 9.17) is 5.11 Å². The molecule has 4 heteroatoms. The maximum Gasteiger partial charge on any atom is 0.307 e. The molecular formula is C14H28N2O2. The highest BCUT2D eigenvalue weighted by Gasteiger charge is 2.20. The summed E-state index contributed by atoms with van der Waals surface area (Å²) >= 11 is 0. The molecule has 18 heavy (non-hydrogen) atoms. The van der Waals surface area contributed by atoms with Gasteiger partial charge in [0.15, 0.2) is 0 Å². The summed E-state index contributed by atoms with van der Waals surface area (Å²) < 4.78 is 0. The summed E-state index contributed by atoms with van der Waals surface area (Å²) in [5, 5.41) is 8.89. The third-order valence-electron chi connectivity index (χ3n) is 3.75. The van der Waals surface area contributed by atoms with Crippen LogP contribution in [0.4, 0.5) is 0 Å². The molecule has 0 aromatic rings. The number of aliphatic carboxylic acids is 1. The molecule has 1 rings (SSSR count). The van der Waals surface area contributed by atoms with Crippen molar-refractivity contribution in [2.45, 2.75) is 39.5 Å². The molecule has 1 N–H and O–H groups in total. The minimum atomic E-state index is -0.683. The number of nitrogens with zero attached hydrogens (tertiary/aromatic N) is 2. The molecule has 1 saturated heterocycles. The number of unbranched alkanes of at least 4 members (excludes halogenated alkanes) is 3. The third kappa shape index (κ3) is 5.83. The number of carboxylic acids is 1. The Balaban J connectivity index is 2.11. The van der Waals surface area contributed by atoms with Crippen LogP contribution in [0.15, 0.2) is 0 Å². The first-order chi connectivity index (χ1) is 8.63. The lowest BCUT2D eigenvalue weighted by Crippen LogP contribution is -2.48. The lowest BCUT2D eigenvalue weighted by molar-refractivity contribution is -0.141. The van der Waals surface area contributed by atoms with Gasteiger partial charge in [0.1, 0.15) is 0 Å². The van der Waals surface area contributed by atoms with Crippen molar-refractivity contribution in [2.24, 2.45) is 5.92 Å². The molecule has 0 spiro atoms. The zero-order valence-corrected chi connectivity index (χ0v) is 11.9. The van der Waals surface area contributed by atoms with Crippen LogP contribution in [0.2, 0.25) is 0 Å². The van der Waals surface area contributed by atoms with Crippen molar-refractivity contribution >= 4 is 5.97 Å². The van der Waals surface area contributed by atoms with Crippen molar-refractivity contribution in [3.63, 3.8) is 0 Å².